The molecule has 1 aliphatic rings. The zero-order chi connectivity index (χ0) is 23.1. The molecule has 0 amide bonds. The van der Waals surface area contributed by atoms with Gasteiger partial charge in [-0.15, -0.1) is 0 Å². The Kier molecular flexibility index (Phi) is 8.33. The first kappa shape index (κ1) is 23.9. The fraction of sp³-hybridized carbons (Fsp3) is 0.520. The van der Waals surface area contributed by atoms with Crippen LogP contribution >= 0.6 is 0 Å². The number of carboxylic acids is 1. The molecule has 7 nitrogen and oxygen atoms in total. The quantitative estimate of drug-likeness (QED) is 0.546. The monoisotopic (exact) mass is 440 g/mol. The van der Waals surface area contributed by atoms with E-state index in [4.69, 9.17) is 4.74 Å². The Balaban J connectivity index is 1.97. The SMILES string of the molecule is CC[C@@H](CC(=O)O)c1ccc(N(CC)C2CCOCC2)c(Nc2ccc(N(C)C)nc2)c1. The first-order valence-corrected chi connectivity index (χ1v) is 11.5. The average molecular weight is 441 g/mol. The first-order valence-electron chi connectivity index (χ1n) is 11.5. The maximum Gasteiger partial charge on any atom is 0.303 e. The summed E-state index contributed by atoms with van der Waals surface area (Å²) in [4.78, 5) is 20.3. The molecule has 1 aromatic carbocycles. The van der Waals surface area contributed by atoms with Crippen molar-refractivity contribution in [3.63, 3.8) is 0 Å². The Bertz CT molecular complexity index is 879. The van der Waals surface area contributed by atoms with Crippen LogP contribution in [-0.4, -0.2) is 56.0 Å². The topological polar surface area (TPSA) is 77.9 Å². The van der Waals surface area contributed by atoms with E-state index >= 15 is 0 Å². The highest BCUT2D eigenvalue weighted by Gasteiger charge is 2.24. The first-order chi connectivity index (χ1) is 15.4. The summed E-state index contributed by atoms with van der Waals surface area (Å²) in [6.45, 7) is 6.69. The minimum atomic E-state index is -0.767. The molecule has 0 spiro atoms. The lowest BCUT2D eigenvalue weighted by atomic mass is 9.92. The summed E-state index contributed by atoms with van der Waals surface area (Å²) in [5.74, 6) is 0.111. The molecule has 0 aliphatic carbocycles. The molecule has 2 aromatic rings. The number of carboxylic acid groups (broad SMARTS) is 1. The van der Waals surface area contributed by atoms with Crippen LogP contribution in [0, 0.1) is 0 Å². The van der Waals surface area contributed by atoms with Gasteiger partial charge >= 0.3 is 5.97 Å². The molecular weight excluding hydrogens is 404 g/mol. The molecule has 1 aromatic heterocycles. The Labute approximate surface area is 191 Å². The highest BCUT2D eigenvalue weighted by molar-refractivity contribution is 5.77. The predicted molar refractivity (Wildman–Crippen MR) is 130 cm³/mol. The predicted octanol–water partition coefficient (Wildman–Crippen LogP) is 4.86. The fourth-order valence-corrected chi connectivity index (χ4v) is 4.37. The molecule has 2 heterocycles. The van der Waals surface area contributed by atoms with Gasteiger partial charge in [0.2, 0.25) is 0 Å². The van der Waals surface area contributed by atoms with Gasteiger partial charge in [0.05, 0.1) is 29.7 Å². The fourth-order valence-electron chi connectivity index (χ4n) is 4.37. The largest absolute Gasteiger partial charge is 0.481 e. The number of anilines is 4. The molecule has 1 fully saturated rings. The summed E-state index contributed by atoms with van der Waals surface area (Å²) in [6.07, 6.45) is 4.76. The minimum absolute atomic E-state index is 0.0190. The van der Waals surface area contributed by atoms with Gasteiger partial charge in [0, 0.05) is 39.9 Å². The lowest BCUT2D eigenvalue weighted by molar-refractivity contribution is -0.137. The van der Waals surface area contributed by atoms with Crippen molar-refractivity contribution in [3.05, 3.63) is 42.1 Å². The number of ether oxygens (including phenoxy) is 1. The molecule has 0 bridgehead atoms. The van der Waals surface area contributed by atoms with E-state index in [1.54, 1.807) is 0 Å². The summed E-state index contributed by atoms with van der Waals surface area (Å²) in [5.41, 5.74) is 4.06. The molecule has 7 heteroatoms. The van der Waals surface area contributed by atoms with Crippen molar-refractivity contribution in [2.75, 3.05) is 49.0 Å². The number of hydrogen-bond donors (Lipinski definition) is 2. The van der Waals surface area contributed by atoms with Gasteiger partial charge in [0.15, 0.2) is 0 Å². The van der Waals surface area contributed by atoms with Crippen LogP contribution in [0.1, 0.15) is 51.0 Å². The zero-order valence-corrected chi connectivity index (χ0v) is 19.7. The Hall–Kier alpha value is -2.80. The molecule has 1 saturated heterocycles. The van der Waals surface area contributed by atoms with Gasteiger partial charge in [0.25, 0.3) is 0 Å². The van der Waals surface area contributed by atoms with E-state index in [0.29, 0.717) is 6.04 Å². The summed E-state index contributed by atoms with van der Waals surface area (Å²) < 4.78 is 5.58. The molecule has 0 radical (unpaired) electrons. The Morgan fingerprint density at radius 1 is 1.22 bits per heavy atom. The van der Waals surface area contributed by atoms with E-state index < -0.39 is 5.97 Å². The van der Waals surface area contributed by atoms with Crippen LogP contribution in [0.25, 0.3) is 0 Å². The van der Waals surface area contributed by atoms with Crippen molar-refractivity contribution in [2.45, 2.75) is 51.5 Å². The van der Waals surface area contributed by atoms with Crippen molar-refractivity contribution in [2.24, 2.45) is 0 Å². The smallest absolute Gasteiger partial charge is 0.303 e. The van der Waals surface area contributed by atoms with Crippen molar-refractivity contribution in [1.82, 2.24) is 4.98 Å². The van der Waals surface area contributed by atoms with E-state index in [0.717, 1.165) is 67.5 Å². The van der Waals surface area contributed by atoms with E-state index in [1.165, 1.54) is 0 Å². The lowest BCUT2D eigenvalue weighted by Gasteiger charge is -2.37. The number of nitrogens with zero attached hydrogens (tertiary/aromatic N) is 3. The van der Waals surface area contributed by atoms with Crippen LogP contribution < -0.4 is 15.1 Å². The van der Waals surface area contributed by atoms with Gasteiger partial charge in [-0.2, -0.15) is 0 Å². The molecule has 174 valence electrons. The average Bonchev–Trinajstić information content (AvgIpc) is 2.80. The molecule has 2 N–H and O–H groups in total. The van der Waals surface area contributed by atoms with Crippen LogP contribution in [0.5, 0.6) is 0 Å². The van der Waals surface area contributed by atoms with Crippen molar-refractivity contribution in [1.29, 1.82) is 0 Å². The zero-order valence-electron chi connectivity index (χ0n) is 19.7. The third kappa shape index (κ3) is 5.91. The highest BCUT2D eigenvalue weighted by atomic mass is 16.5. The molecule has 1 aliphatic heterocycles. The third-order valence-electron chi connectivity index (χ3n) is 6.17. The second kappa shape index (κ2) is 11.2. The number of aliphatic carboxylic acids is 1. The van der Waals surface area contributed by atoms with Crippen molar-refractivity contribution >= 4 is 28.8 Å². The second-order valence-corrected chi connectivity index (χ2v) is 8.53. The van der Waals surface area contributed by atoms with Crippen LogP contribution in [0.3, 0.4) is 0 Å². The highest BCUT2D eigenvalue weighted by Crippen LogP contribution is 2.36. The van der Waals surface area contributed by atoms with Crippen LogP contribution in [0.15, 0.2) is 36.5 Å². The van der Waals surface area contributed by atoms with Crippen molar-refractivity contribution in [3.8, 4) is 0 Å². The van der Waals surface area contributed by atoms with Crippen molar-refractivity contribution < 1.29 is 14.6 Å². The van der Waals surface area contributed by atoms with E-state index in [9.17, 15) is 9.90 Å². The summed E-state index contributed by atoms with van der Waals surface area (Å²) >= 11 is 0. The van der Waals surface area contributed by atoms with Crippen LogP contribution in [-0.2, 0) is 9.53 Å². The number of benzene rings is 1. The molecule has 3 rings (SSSR count). The summed E-state index contributed by atoms with van der Waals surface area (Å²) in [7, 11) is 3.94. The van der Waals surface area contributed by atoms with E-state index in [-0.39, 0.29) is 12.3 Å². The normalized spacial score (nSPS) is 15.2. The number of rotatable bonds is 10. The molecule has 32 heavy (non-hydrogen) atoms. The summed E-state index contributed by atoms with van der Waals surface area (Å²) in [5, 5.41) is 12.9. The molecular formula is C25H36N4O3. The number of nitrogens with one attached hydrogen (secondary N) is 1. The number of hydrogen-bond acceptors (Lipinski definition) is 6. The number of carbonyl (C=O) groups is 1. The van der Waals surface area contributed by atoms with Gasteiger partial charge in [-0.3, -0.25) is 4.79 Å². The molecule has 0 saturated carbocycles. The molecule has 0 unspecified atom stereocenters. The van der Waals surface area contributed by atoms with Gasteiger partial charge in [-0.1, -0.05) is 13.0 Å². The maximum atomic E-state index is 11.4. The summed E-state index contributed by atoms with van der Waals surface area (Å²) in [6, 6.07) is 10.8. The molecule has 1 atom stereocenters. The van der Waals surface area contributed by atoms with Crippen LogP contribution in [0.2, 0.25) is 0 Å². The number of pyridine rings is 1. The Morgan fingerprint density at radius 3 is 2.53 bits per heavy atom. The van der Waals surface area contributed by atoms with Gasteiger partial charge in [-0.25, -0.2) is 4.98 Å². The van der Waals surface area contributed by atoms with Crippen LogP contribution in [0.4, 0.5) is 22.9 Å². The minimum Gasteiger partial charge on any atom is -0.481 e. The third-order valence-corrected chi connectivity index (χ3v) is 6.17. The van der Waals surface area contributed by atoms with E-state index in [1.807, 2.05) is 44.2 Å². The van der Waals surface area contributed by atoms with Gasteiger partial charge in [-0.05, 0) is 61.9 Å². The Morgan fingerprint density at radius 2 is 1.97 bits per heavy atom. The second-order valence-electron chi connectivity index (χ2n) is 8.53. The number of aromatic nitrogens is 1. The maximum absolute atomic E-state index is 11.4. The lowest BCUT2D eigenvalue weighted by Crippen LogP contribution is -2.39. The van der Waals surface area contributed by atoms with E-state index in [2.05, 4.69) is 40.3 Å². The van der Waals surface area contributed by atoms with Gasteiger partial charge in [0.1, 0.15) is 5.82 Å². The standard InChI is InChI=1S/C25H36N4O3/c1-5-18(16-25(30)31)19-7-9-23(29(6-2)21-11-13-32-14-12-21)22(15-19)27-20-8-10-24(26-17-20)28(3)4/h7-10,15,17-18,21,27H,5-6,11-14,16H2,1-4H3,(H,30,31)/t18-/m0/s1. The van der Waals surface area contributed by atoms with Gasteiger partial charge < -0.3 is 25.0 Å².